The van der Waals surface area contributed by atoms with Gasteiger partial charge < -0.3 is 4.74 Å². The Kier molecular flexibility index (Phi) is 7.15. The molecule has 2 aromatic carbocycles. The molecule has 0 fully saturated rings. The minimum atomic E-state index is -0.966. The van der Waals surface area contributed by atoms with E-state index < -0.39 is 11.1 Å². The summed E-state index contributed by atoms with van der Waals surface area (Å²) in [6, 6.07) is 11.3. The third-order valence-corrected chi connectivity index (χ3v) is 6.57. The Balaban J connectivity index is 2.04. The van der Waals surface area contributed by atoms with Crippen LogP contribution in [-0.4, -0.2) is 33.3 Å². The Morgan fingerprint density at radius 3 is 2.74 bits per heavy atom. The SMILES string of the molecule is CCCCSc1n[n+]2c(c(=O)[nH]1)-c1ccccc1N(C(C)=O)C2c1cc([N+](=O)[O-])ccc1OCC. The first-order chi connectivity index (χ1) is 16.9. The van der Waals surface area contributed by atoms with Crippen molar-refractivity contribution in [1.29, 1.82) is 0 Å². The van der Waals surface area contributed by atoms with E-state index in [2.05, 4.69) is 11.9 Å². The summed E-state index contributed by atoms with van der Waals surface area (Å²) < 4.78 is 7.29. The van der Waals surface area contributed by atoms with Crippen LogP contribution in [0.1, 0.15) is 45.3 Å². The first-order valence-electron chi connectivity index (χ1n) is 11.4. The Hall–Kier alpha value is -3.73. The molecule has 10 nitrogen and oxygen atoms in total. The molecule has 1 aliphatic rings. The molecule has 0 aliphatic carbocycles. The van der Waals surface area contributed by atoms with E-state index in [1.54, 1.807) is 31.2 Å². The van der Waals surface area contributed by atoms with Crippen LogP contribution in [-0.2, 0) is 4.79 Å². The Bertz CT molecular complexity index is 1340. The summed E-state index contributed by atoms with van der Waals surface area (Å²) in [6.07, 6.45) is 0.975. The lowest BCUT2D eigenvalue weighted by molar-refractivity contribution is -0.763. The molecule has 1 unspecified atom stereocenters. The molecule has 1 atom stereocenters. The molecule has 2 heterocycles. The third kappa shape index (κ3) is 4.63. The van der Waals surface area contributed by atoms with Crippen molar-refractivity contribution in [3.05, 3.63) is 68.5 Å². The number of rotatable bonds is 8. The molecular weight excluding hydrogens is 470 g/mol. The van der Waals surface area contributed by atoms with Crippen molar-refractivity contribution in [2.75, 3.05) is 17.3 Å². The molecule has 0 radical (unpaired) electrons. The van der Waals surface area contributed by atoms with Gasteiger partial charge in [-0.25, -0.2) is 4.90 Å². The molecule has 35 heavy (non-hydrogen) atoms. The van der Waals surface area contributed by atoms with Crippen LogP contribution in [0.3, 0.4) is 0 Å². The number of anilines is 1. The lowest BCUT2D eigenvalue weighted by atomic mass is 10.0. The maximum Gasteiger partial charge on any atom is 0.325 e. The second kappa shape index (κ2) is 10.3. The van der Waals surface area contributed by atoms with E-state index in [9.17, 15) is 19.7 Å². The van der Waals surface area contributed by atoms with Crippen molar-refractivity contribution < 1.29 is 19.1 Å². The number of fused-ring (bicyclic) bond motifs is 3. The van der Waals surface area contributed by atoms with Gasteiger partial charge in [0.05, 0.1) is 28.3 Å². The van der Waals surface area contributed by atoms with Gasteiger partial charge in [-0.2, -0.15) is 0 Å². The number of hydrogen-bond donors (Lipinski definition) is 1. The Labute approximate surface area is 206 Å². The molecule has 0 spiro atoms. The van der Waals surface area contributed by atoms with Crippen LogP contribution in [0.4, 0.5) is 11.4 Å². The number of ether oxygens (including phenoxy) is 1. The van der Waals surface area contributed by atoms with Crippen molar-refractivity contribution in [2.24, 2.45) is 0 Å². The average molecular weight is 497 g/mol. The van der Waals surface area contributed by atoms with Gasteiger partial charge in [0.1, 0.15) is 5.75 Å². The number of aromatic nitrogens is 3. The number of nitrogens with zero attached hydrogens (tertiary/aromatic N) is 4. The second-order valence-electron chi connectivity index (χ2n) is 7.95. The van der Waals surface area contributed by atoms with E-state index in [-0.39, 0.29) is 22.8 Å². The summed E-state index contributed by atoms with van der Waals surface area (Å²) >= 11 is 1.41. The highest BCUT2D eigenvalue weighted by Crippen LogP contribution is 2.40. The van der Waals surface area contributed by atoms with Gasteiger partial charge in [-0.05, 0) is 36.2 Å². The molecule has 0 saturated heterocycles. The molecule has 1 aromatic heterocycles. The van der Waals surface area contributed by atoms with Crippen LogP contribution in [0.15, 0.2) is 52.4 Å². The highest BCUT2D eigenvalue weighted by molar-refractivity contribution is 7.99. The number of hydrogen-bond acceptors (Lipinski definition) is 7. The minimum absolute atomic E-state index is 0.157. The Morgan fingerprint density at radius 2 is 2.06 bits per heavy atom. The fraction of sp³-hybridized carbons (Fsp3) is 0.333. The first kappa shape index (κ1) is 24.4. The molecule has 4 rings (SSSR count). The van der Waals surface area contributed by atoms with Crippen molar-refractivity contribution in [2.45, 2.75) is 44.9 Å². The average Bonchev–Trinajstić information content (AvgIpc) is 2.83. The monoisotopic (exact) mass is 496 g/mol. The van der Waals surface area contributed by atoms with Crippen LogP contribution >= 0.6 is 11.8 Å². The fourth-order valence-electron chi connectivity index (χ4n) is 4.11. The van der Waals surface area contributed by atoms with Crippen molar-refractivity contribution >= 4 is 29.0 Å². The van der Waals surface area contributed by atoms with Gasteiger partial charge in [0.2, 0.25) is 11.1 Å². The van der Waals surface area contributed by atoms with Gasteiger partial charge in [0.25, 0.3) is 11.9 Å². The Morgan fingerprint density at radius 1 is 1.29 bits per heavy atom. The summed E-state index contributed by atoms with van der Waals surface area (Å²) in [7, 11) is 0. The van der Waals surface area contributed by atoms with E-state index in [1.165, 1.54) is 46.5 Å². The van der Waals surface area contributed by atoms with E-state index in [0.717, 1.165) is 18.6 Å². The quantitative estimate of drug-likeness (QED) is 0.165. The maximum absolute atomic E-state index is 13.3. The first-order valence-corrected chi connectivity index (χ1v) is 12.3. The maximum atomic E-state index is 13.3. The number of H-pyrrole nitrogens is 1. The van der Waals surface area contributed by atoms with Crippen LogP contribution in [0.2, 0.25) is 0 Å². The van der Waals surface area contributed by atoms with Crippen molar-refractivity contribution in [3.63, 3.8) is 0 Å². The molecule has 3 aromatic rings. The molecular formula is C24H26N5O5S+. The van der Waals surface area contributed by atoms with Crippen LogP contribution < -0.4 is 19.9 Å². The number of benzene rings is 2. The topological polar surface area (TPSA) is 122 Å². The minimum Gasteiger partial charge on any atom is -0.493 e. The highest BCUT2D eigenvalue weighted by Gasteiger charge is 2.46. The predicted molar refractivity (Wildman–Crippen MR) is 132 cm³/mol. The van der Waals surface area contributed by atoms with Gasteiger partial charge in [0.15, 0.2) is 0 Å². The number of unbranched alkanes of at least 4 members (excludes halogenated alkanes) is 1. The zero-order valence-electron chi connectivity index (χ0n) is 19.7. The van der Waals surface area contributed by atoms with Crippen molar-refractivity contribution in [3.8, 4) is 17.0 Å². The van der Waals surface area contributed by atoms with E-state index in [4.69, 9.17) is 9.84 Å². The van der Waals surface area contributed by atoms with Gasteiger partial charge in [0, 0.05) is 29.9 Å². The molecule has 1 N–H and O–H groups in total. The predicted octanol–water partition coefficient (Wildman–Crippen LogP) is 3.84. The number of nitro groups is 1. The van der Waals surface area contributed by atoms with Crippen molar-refractivity contribution in [1.82, 2.24) is 10.1 Å². The summed E-state index contributed by atoms with van der Waals surface area (Å²) in [6.45, 7) is 5.61. The number of carbonyl (C=O) groups is 1. The third-order valence-electron chi connectivity index (χ3n) is 5.62. The molecule has 0 saturated carbocycles. The summed E-state index contributed by atoms with van der Waals surface area (Å²) in [5.74, 6) is 0.823. The summed E-state index contributed by atoms with van der Waals surface area (Å²) in [5.41, 5.74) is 1.16. The summed E-state index contributed by atoms with van der Waals surface area (Å²) in [4.78, 5) is 41.9. The second-order valence-corrected chi connectivity index (χ2v) is 9.03. The largest absolute Gasteiger partial charge is 0.493 e. The van der Waals surface area contributed by atoms with E-state index >= 15 is 0 Å². The lowest BCUT2D eigenvalue weighted by Gasteiger charge is -2.31. The normalized spacial score (nSPS) is 14.3. The number of carbonyl (C=O) groups excluding carboxylic acids is 1. The molecule has 11 heteroatoms. The zero-order chi connectivity index (χ0) is 25.1. The highest BCUT2D eigenvalue weighted by atomic mass is 32.2. The number of aromatic amines is 1. The van der Waals surface area contributed by atoms with Gasteiger partial charge >= 0.3 is 11.3 Å². The van der Waals surface area contributed by atoms with E-state index in [0.29, 0.717) is 34.3 Å². The number of thioether (sulfide) groups is 1. The summed E-state index contributed by atoms with van der Waals surface area (Å²) in [5, 5.41) is 16.7. The molecule has 1 amide bonds. The van der Waals surface area contributed by atoms with Crippen LogP contribution in [0, 0.1) is 10.1 Å². The van der Waals surface area contributed by atoms with Gasteiger partial charge in [-0.15, -0.1) is 0 Å². The standard InChI is InChI=1S/C24H25N5O5S/c1-4-6-13-35-24-25-22(31)21-17-9-7-8-10-19(17)27(15(3)30)23(28(21)26-24)18-14-16(29(32)33)11-12-20(18)34-5-2/h7-12,14,23H,4-6,13H2,1-3H3/p+1. The smallest absolute Gasteiger partial charge is 0.325 e. The van der Waals surface area contributed by atoms with Gasteiger partial charge in [-0.1, -0.05) is 37.2 Å². The number of amides is 1. The molecule has 182 valence electrons. The fourth-order valence-corrected chi connectivity index (χ4v) is 5.05. The van der Waals surface area contributed by atoms with E-state index in [1.807, 2.05) is 0 Å². The number of nitro benzene ring substituents is 1. The number of nitrogens with one attached hydrogen (secondary N) is 1. The number of non-ortho nitro benzene ring substituents is 1. The zero-order valence-corrected chi connectivity index (χ0v) is 20.5. The molecule has 0 bridgehead atoms. The van der Waals surface area contributed by atoms with Crippen LogP contribution in [0.25, 0.3) is 11.3 Å². The van der Waals surface area contributed by atoms with Gasteiger partial charge in [-0.3, -0.25) is 24.7 Å². The number of para-hydroxylation sites is 1. The molecule has 1 aliphatic heterocycles. The van der Waals surface area contributed by atoms with Crippen LogP contribution in [0.5, 0.6) is 5.75 Å². The lowest BCUT2D eigenvalue weighted by Crippen LogP contribution is -2.60.